The molecule has 1 unspecified atom stereocenters. The number of nitriles is 1. The highest BCUT2D eigenvalue weighted by Crippen LogP contribution is 2.20. The molecule has 1 atom stereocenters. The van der Waals surface area contributed by atoms with Crippen molar-refractivity contribution in [2.75, 3.05) is 11.9 Å². The first-order chi connectivity index (χ1) is 17.2. The van der Waals surface area contributed by atoms with Crippen LogP contribution in [-0.4, -0.2) is 33.5 Å². The molecule has 0 spiro atoms. The van der Waals surface area contributed by atoms with Crippen LogP contribution in [0, 0.1) is 11.3 Å². The van der Waals surface area contributed by atoms with Gasteiger partial charge in [0.25, 0.3) is 0 Å². The average molecular weight is 465 g/mol. The summed E-state index contributed by atoms with van der Waals surface area (Å²) < 4.78 is 1.55. The fraction of sp³-hybridized carbons (Fsp3) is 0.148. The van der Waals surface area contributed by atoms with Gasteiger partial charge in [0.05, 0.1) is 24.4 Å². The van der Waals surface area contributed by atoms with Gasteiger partial charge in [-0.1, -0.05) is 42.5 Å². The van der Waals surface area contributed by atoms with E-state index < -0.39 is 6.04 Å². The van der Waals surface area contributed by atoms with E-state index in [0.717, 1.165) is 28.5 Å². The van der Waals surface area contributed by atoms with Crippen LogP contribution in [0.5, 0.6) is 0 Å². The maximum absolute atomic E-state index is 13.2. The van der Waals surface area contributed by atoms with E-state index in [0.29, 0.717) is 24.3 Å². The SMILES string of the molecule is N#Cc1ccc(CCNC(C(=O)Nc2ccc(-c3cnn(CC=O)c3)cn2)c2ccccc2)cc1. The lowest BCUT2D eigenvalue weighted by Gasteiger charge is -2.19. The molecule has 4 rings (SSSR count). The Kier molecular flexibility index (Phi) is 7.73. The molecule has 0 bridgehead atoms. The van der Waals surface area contributed by atoms with Gasteiger partial charge in [0.1, 0.15) is 18.1 Å². The fourth-order valence-electron chi connectivity index (χ4n) is 3.64. The maximum atomic E-state index is 13.2. The number of carbonyl (C=O) groups is 2. The third-order valence-electron chi connectivity index (χ3n) is 5.48. The zero-order chi connectivity index (χ0) is 24.5. The van der Waals surface area contributed by atoms with Crippen LogP contribution in [0.1, 0.15) is 22.7 Å². The van der Waals surface area contributed by atoms with Crippen LogP contribution in [-0.2, 0) is 22.6 Å². The van der Waals surface area contributed by atoms with Gasteiger partial charge >= 0.3 is 0 Å². The maximum Gasteiger partial charge on any atom is 0.247 e. The second kappa shape index (κ2) is 11.5. The summed E-state index contributed by atoms with van der Waals surface area (Å²) in [6.45, 7) is 0.774. The summed E-state index contributed by atoms with van der Waals surface area (Å²) in [5.74, 6) is 0.226. The molecule has 0 radical (unpaired) electrons. The van der Waals surface area contributed by atoms with Crippen LogP contribution >= 0.6 is 0 Å². The number of pyridine rings is 1. The van der Waals surface area contributed by atoms with Gasteiger partial charge in [0, 0.05) is 30.1 Å². The highest BCUT2D eigenvalue weighted by Gasteiger charge is 2.20. The minimum Gasteiger partial charge on any atom is -0.309 e. The zero-order valence-electron chi connectivity index (χ0n) is 19.0. The largest absolute Gasteiger partial charge is 0.309 e. The highest BCUT2D eigenvalue weighted by atomic mass is 16.2. The molecule has 0 aliphatic rings. The van der Waals surface area contributed by atoms with E-state index in [-0.39, 0.29) is 12.5 Å². The Morgan fingerprint density at radius 2 is 1.83 bits per heavy atom. The van der Waals surface area contributed by atoms with Crippen LogP contribution in [0.2, 0.25) is 0 Å². The molecule has 4 aromatic rings. The topological polar surface area (TPSA) is 113 Å². The third kappa shape index (κ3) is 6.25. The second-order valence-electron chi connectivity index (χ2n) is 7.90. The van der Waals surface area contributed by atoms with Gasteiger partial charge in [-0.15, -0.1) is 0 Å². The van der Waals surface area contributed by atoms with Gasteiger partial charge < -0.3 is 15.4 Å². The third-order valence-corrected chi connectivity index (χ3v) is 5.48. The van der Waals surface area contributed by atoms with Crippen molar-refractivity contribution in [3.63, 3.8) is 0 Å². The molecule has 0 saturated heterocycles. The van der Waals surface area contributed by atoms with Crippen molar-refractivity contribution >= 4 is 18.0 Å². The van der Waals surface area contributed by atoms with Gasteiger partial charge in [-0.25, -0.2) is 4.98 Å². The summed E-state index contributed by atoms with van der Waals surface area (Å²) in [5, 5.41) is 19.3. The average Bonchev–Trinajstić information content (AvgIpc) is 3.37. The summed E-state index contributed by atoms with van der Waals surface area (Å²) >= 11 is 0. The Bertz CT molecular complexity index is 1310. The zero-order valence-corrected chi connectivity index (χ0v) is 19.0. The molecule has 2 aromatic carbocycles. The number of hydrogen-bond donors (Lipinski definition) is 2. The van der Waals surface area contributed by atoms with Crippen molar-refractivity contribution in [3.8, 4) is 17.2 Å². The number of rotatable bonds is 10. The van der Waals surface area contributed by atoms with E-state index in [1.165, 1.54) is 0 Å². The molecule has 8 heteroatoms. The van der Waals surface area contributed by atoms with Gasteiger partial charge in [0.2, 0.25) is 5.91 Å². The molecule has 8 nitrogen and oxygen atoms in total. The number of benzene rings is 2. The molecule has 1 amide bonds. The van der Waals surface area contributed by atoms with Crippen molar-refractivity contribution in [2.24, 2.45) is 0 Å². The molecule has 2 heterocycles. The minimum atomic E-state index is -0.558. The summed E-state index contributed by atoms with van der Waals surface area (Å²) in [7, 11) is 0. The molecular formula is C27H24N6O2. The standard InChI is InChI=1S/C27H24N6O2/c28-16-21-8-6-20(7-9-21)12-13-29-26(22-4-2-1-3-5-22)27(35)32-25-11-10-23(17-30-25)24-18-31-33(19-24)14-15-34/h1-11,15,17-19,26,29H,12-14H2,(H,30,32,35). The van der Waals surface area contributed by atoms with Crippen LogP contribution in [0.4, 0.5) is 5.82 Å². The number of anilines is 1. The van der Waals surface area contributed by atoms with E-state index in [1.54, 1.807) is 41.5 Å². The van der Waals surface area contributed by atoms with E-state index in [9.17, 15) is 9.59 Å². The molecule has 2 aromatic heterocycles. The van der Waals surface area contributed by atoms with E-state index >= 15 is 0 Å². The molecule has 2 N–H and O–H groups in total. The first-order valence-electron chi connectivity index (χ1n) is 11.2. The number of nitrogens with zero attached hydrogens (tertiary/aromatic N) is 4. The molecule has 0 aliphatic carbocycles. The first-order valence-corrected chi connectivity index (χ1v) is 11.2. The summed E-state index contributed by atoms with van der Waals surface area (Å²) in [6, 6.07) is 22.1. The highest BCUT2D eigenvalue weighted by molar-refractivity contribution is 5.95. The Morgan fingerprint density at radius 3 is 2.51 bits per heavy atom. The number of aromatic nitrogens is 3. The molecule has 35 heavy (non-hydrogen) atoms. The summed E-state index contributed by atoms with van der Waals surface area (Å²) in [6.07, 6.45) is 6.60. The molecule has 0 aliphatic heterocycles. The first kappa shape index (κ1) is 23.5. The number of nitrogens with one attached hydrogen (secondary N) is 2. The summed E-state index contributed by atoms with van der Waals surface area (Å²) in [4.78, 5) is 28.2. The Hall–Kier alpha value is -4.61. The Balaban J connectivity index is 1.41. The smallest absolute Gasteiger partial charge is 0.247 e. The van der Waals surface area contributed by atoms with Crippen LogP contribution in [0.15, 0.2) is 85.3 Å². The van der Waals surface area contributed by atoms with Crippen molar-refractivity contribution in [3.05, 3.63) is 102 Å². The predicted octanol–water partition coefficient (Wildman–Crippen LogP) is 3.53. The van der Waals surface area contributed by atoms with Crippen molar-refractivity contribution in [2.45, 2.75) is 19.0 Å². The molecule has 174 valence electrons. The lowest BCUT2D eigenvalue weighted by atomic mass is 10.0. The van der Waals surface area contributed by atoms with Gasteiger partial charge in [0.15, 0.2) is 0 Å². The van der Waals surface area contributed by atoms with Crippen molar-refractivity contribution in [1.29, 1.82) is 5.26 Å². The fourth-order valence-corrected chi connectivity index (χ4v) is 3.64. The Morgan fingerprint density at radius 1 is 1.03 bits per heavy atom. The molecule has 0 saturated carbocycles. The lowest BCUT2D eigenvalue weighted by Crippen LogP contribution is -2.34. The van der Waals surface area contributed by atoms with E-state index in [1.807, 2.05) is 48.5 Å². The molecule has 0 fully saturated rings. The number of amides is 1. The second-order valence-corrected chi connectivity index (χ2v) is 7.90. The van der Waals surface area contributed by atoms with Gasteiger partial charge in [-0.2, -0.15) is 10.4 Å². The van der Waals surface area contributed by atoms with Crippen molar-refractivity contribution in [1.82, 2.24) is 20.1 Å². The van der Waals surface area contributed by atoms with E-state index in [2.05, 4.69) is 26.8 Å². The number of carbonyl (C=O) groups excluding carboxylic acids is 2. The summed E-state index contributed by atoms with van der Waals surface area (Å²) in [5.41, 5.74) is 4.22. The normalized spacial score (nSPS) is 11.4. The quantitative estimate of drug-likeness (QED) is 0.347. The van der Waals surface area contributed by atoms with Crippen molar-refractivity contribution < 1.29 is 9.59 Å². The van der Waals surface area contributed by atoms with Crippen LogP contribution in [0.3, 0.4) is 0 Å². The van der Waals surface area contributed by atoms with Crippen LogP contribution < -0.4 is 10.6 Å². The minimum absolute atomic E-state index is 0.195. The molecular weight excluding hydrogens is 440 g/mol. The Labute approximate surface area is 203 Å². The number of hydrogen-bond acceptors (Lipinski definition) is 6. The monoisotopic (exact) mass is 464 g/mol. The van der Waals surface area contributed by atoms with E-state index in [4.69, 9.17) is 5.26 Å². The van der Waals surface area contributed by atoms with Gasteiger partial charge in [-0.3, -0.25) is 9.48 Å². The predicted molar refractivity (Wildman–Crippen MR) is 132 cm³/mol. The van der Waals surface area contributed by atoms with Gasteiger partial charge in [-0.05, 0) is 41.8 Å². The lowest BCUT2D eigenvalue weighted by molar-refractivity contribution is -0.118. The number of aldehydes is 1. The van der Waals surface area contributed by atoms with Crippen LogP contribution in [0.25, 0.3) is 11.1 Å².